The fourth-order valence-corrected chi connectivity index (χ4v) is 6.53. The highest BCUT2D eigenvalue weighted by atomic mass is 16.5. The summed E-state index contributed by atoms with van der Waals surface area (Å²) in [6.45, 7) is 1.70. The minimum absolute atomic E-state index is 0.0299. The van der Waals surface area contributed by atoms with Gasteiger partial charge in [0.05, 0.1) is 24.9 Å². The van der Waals surface area contributed by atoms with Crippen LogP contribution in [0.1, 0.15) is 35.4 Å². The molecule has 2 aromatic heterocycles. The van der Waals surface area contributed by atoms with E-state index in [1.165, 1.54) is 5.56 Å². The van der Waals surface area contributed by atoms with Crippen molar-refractivity contribution in [3.63, 3.8) is 0 Å². The van der Waals surface area contributed by atoms with E-state index in [9.17, 15) is 9.59 Å². The summed E-state index contributed by atoms with van der Waals surface area (Å²) >= 11 is 0. The maximum Gasteiger partial charge on any atom is 0.243 e. The van der Waals surface area contributed by atoms with E-state index in [0.717, 1.165) is 40.9 Å². The van der Waals surface area contributed by atoms with Gasteiger partial charge in [-0.3, -0.25) is 19.2 Å². The number of fused-ring (bicyclic) bond motifs is 1. The van der Waals surface area contributed by atoms with Crippen LogP contribution >= 0.6 is 0 Å². The molecule has 0 bridgehead atoms. The monoisotopic (exact) mass is 570 g/mol. The van der Waals surface area contributed by atoms with Crippen LogP contribution in [0.25, 0.3) is 11.0 Å². The van der Waals surface area contributed by atoms with Crippen LogP contribution in [0.4, 0.5) is 0 Å². The van der Waals surface area contributed by atoms with Crippen molar-refractivity contribution in [1.29, 1.82) is 0 Å². The van der Waals surface area contributed by atoms with Gasteiger partial charge in [0.2, 0.25) is 11.8 Å². The predicted molar refractivity (Wildman–Crippen MR) is 158 cm³/mol. The fraction of sp³-hybridized carbons (Fsp3) is 0.452. The highest BCUT2D eigenvalue weighted by Gasteiger charge is 2.45. The number of rotatable bonds is 8. The molecule has 42 heavy (non-hydrogen) atoms. The first-order chi connectivity index (χ1) is 20.3. The van der Waals surface area contributed by atoms with Gasteiger partial charge in [-0.15, -0.1) is 5.10 Å². The molecule has 0 radical (unpaired) electrons. The van der Waals surface area contributed by atoms with E-state index in [1.807, 2.05) is 68.8 Å². The lowest BCUT2D eigenvalue weighted by Crippen LogP contribution is -2.51. The molecular weight excluding hydrogens is 532 g/mol. The third-order valence-corrected chi connectivity index (χ3v) is 8.83. The molecular formula is C31H38N8O3. The Hall–Kier alpha value is -4.25. The van der Waals surface area contributed by atoms with Crippen molar-refractivity contribution in [3.8, 4) is 5.75 Å². The van der Waals surface area contributed by atoms with Gasteiger partial charge in [0.25, 0.3) is 0 Å². The molecule has 11 heteroatoms. The van der Waals surface area contributed by atoms with Crippen LogP contribution in [0.3, 0.4) is 0 Å². The maximum atomic E-state index is 14.1. The minimum Gasteiger partial charge on any atom is -0.497 e. The largest absolute Gasteiger partial charge is 0.497 e. The van der Waals surface area contributed by atoms with E-state index < -0.39 is 6.04 Å². The van der Waals surface area contributed by atoms with Crippen molar-refractivity contribution in [1.82, 2.24) is 39.9 Å². The van der Waals surface area contributed by atoms with Gasteiger partial charge in [-0.2, -0.15) is 5.10 Å². The number of benzene rings is 2. The molecule has 2 aromatic carbocycles. The lowest BCUT2D eigenvalue weighted by atomic mass is 9.96. The normalized spacial score (nSPS) is 22.6. The van der Waals surface area contributed by atoms with Crippen LogP contribution in [-0.4, -0.2) is 85.7 Å². The quantitative estimate of drug-likeness (QED) is 0.346. The van der Waals surface area contributed by atoms with Gasteiger partial charge in [-0.05, 0) is 73.2 Å². The molecule has 2 amide bonds. The van der Waals surface area contributed by atoms with E-state index >= 15 is 0 Å². The highest BCUT2D eigenvalue weighted by Crippen LogP contribution is 2.34. The zero-order valence-electron chi connectivity index (χ0n) is 24.6. The van der Waals surface area contributed by atoms with E-state index in [0.29, 0.717) is 25.9 Å². The second-order valence-corrected chi connectivity index (χ2v) is 11.7. The van der Waals surface area contributed by atoms with Gasteiger partial charge in [0, 0.05) is 45.8 Å². The molecule has 2 saturated heterocycles. The molecule has 4 heterocycles. The van der Waals surface area contributed by atoms with Crippen LogP contribution in [0.5, 0.6) is 5.75 Å². The predicted octanol–water partition coefficient (Wildman–Crippen LogP) is 2.27. The second kappa shape index (κ2) is 11.6. The Kier molecular flexibility index (Phi) is 7.68. The summed E-state index contributed by atoms with van der Waals surface area (Å²) in [6.07, 6.45) is 6.05. The SMILES string of the molecule is COc1ccc(CC2CC(C(=O)NCc3ccc4c(c3)nnn4C)N(C(=O)C3CC(c4cnn(C)c4)CN3C)C2)cc1. The van der Waals surface area contributed by atoms with E-state index in [2.05, 4.69) is 37.8 Å². The number of amides is 2. The topological polar surface area (TPSA) is 110 Å². The molecule has 0 saturated carbocycles. The number of methoxy groups -OCH3 is 1. The average Bonchev–Trinajstić information content (AvgIpc) is 3.78. The van der Waals surface area contributed by atoms with Gasteiger partial charge in [-0.25, -0.2) is 4.68 Å². The number of likely N-dealkylation sites (N-methyl/N-ethyl adjacent to an activating group) is 1. The second-order valence-electron chi connectivity index (χ2n) is 11.7. The molecule has 6 rings (SSSR count). The number of hydrogen-bond acceptors (Lipinski definition) is 7. The summed E-state index contributed by atoms with van der Waals surface area (Å²) in [7, 11) is 7.42. The van der Waals surface area contributed by atoms with Gasteiger partial charge < -0.3 is 15.0 Å². The Morgan fingerprint density at radius 1 is 1.00 bits per heavy atom. The van der Waals surface area contributed by atoms with E-state index in [4.69, 9.17) is 4.74 Å². The van der Waals surface area contributed by atoms with Crippen molar-refractivity contribution >= 4 is 22.8 Å². The summed E-state index contributed by atoms with van der Waals surface area (Å²) in [5.74, 6) is 1.13. The molecule has 4 aromatic rings. The third kappa shape index (κ3) is 5.61. The molecule has 4 unspecified atom stereocenters. The Bertz CT molecular complexity index is 1580. The number of aryl methyl sites for hydroxylation is 2. The molecule has 0 spiro atoms. The van der Waals surface area contributed by atoms with E-state index in [-0.39, 0.29) is 29.7 Å². The molecule has 2 aliphatic heterocycles. The van der Waals surface area contributed by atoms with Crippen LogP contribution in [-0.2, 0) is 36.6 Å². The molecule has 2 aliphatic rings. The summed E-state index contributed by atoms with van der Waals surface area (Å²) in [6, 6.07) is 13.1. The summed E-state index contributed by atoms with van der Waals surface area (Å²) in [5, 5.41) is 15.7. The van der Waals surface area contributed by atoms with Gasteiger partial charge >= 0.3 is 0 Å². The number of aromatic nitrogens is 5. The first-order valence-electron chi connectivity index (χ1n) is 14.5. The summed E-state index contributed by atoms with van der Waals surface area (Å²) in [4.78, 5) is 31.8. The smallest absolute Gasteiger partial charge is 0.243 e. The van der Waals surface area contributed by atoms with Crippen molar-refractivity contribution in [2.24, 2.45) is 20.0 Å². The van der Waals surface area contributed by atoms with Crippen molar-refractivity contribution in [3.05, 3.63) is 71.5 Å². The number of hydrogen-bond donors (Lipinski definition) is 1. The Morgan fingerprint density at radius 2 is 1.79 bits per heavy atom. The first-order valence-corrected chi connectivity index (χ1v) is 14.5. The number of carbonyl (C=O) groups is 2. The molecule has 11 nitrogen and oxygen atoms in total. The number of carbonyl (C=O) groups excluding carboxylic acids is 2. The van der Waals surface area contributed by atoms with Crippen molar-refractivity contribution in [2.45, 2.75) is 43.8 Å². The number of ether oxygens (including phenoxy) is 1. The zero-order valence-corrected chi connectivity index (χ0v) is 24.6. The summed E-state index contributed by atoms with van der Waals surface area (Å²) in [5.41, 5.74) is 4.98. The van der Waals surface area contributed by atoms with Crippen LogP contribution in [0.15, 0.2) is 54.9 Å². The molecule has 2 fully saturated rings. The third-order valence-electron chi connectivity index (χ3n) is 8.83. The number of nitrogens with zero attached hydrogens (tertiary/aromatic N) is 7. The maximum absolute atomic E-state index is 14.1. The van der Waals surface area contributed by atoms with Crippen LogP contribution in [0.2, 0.25) is 0 Å². The number of likely N-dealkylation sites (tertiary alicyclic amines) is 2. The van der Waals surface area contributed by atoms with Crippen molar-refractivity contribution in [2.75, 3.05) is 27.2 Å². The van der Waals surface area contributed by atoms with Crippen LogP contribution < -0.4 is 10.1 Å². The molecule has 0 aliphatic carbocycles. The molecule has 1 N–H and O–H groups in total. The lowest BCUT2D eigenvalue weighted by Gasteiger charge is -2.29. The van der Waals surface area contributed by atoms with Crippen molar-refractivity contribution < 1.29 is 14.3 Å². The standard InChI is InChI=1S/C31H38N8O3/c1-36-18-23(24-16-33-37(2)19-24)14-29(36)31(41)39-17-22(11-20-5-8-25(42-4)9-6-20)13-28(39)30(40)32-15-21-7-10-27-26(12-21)34-35-38(27)3/h5-10,12,16,19,22-23,28-29H,11,13-15,17-18H2,1-4H3,(H,32,40). The van der Waals surface area contributed by atoms with E-state index in [1.54, 1.807) is 16.5 Å². The first kappa shape index (κ1) is 27.9. The van der Waals surface area contributed by atoms with Gasteiger partial charge in [-0.1, -0.05) is 23.4 Å². The Morgan fingerprint density at radius 3 is 2.52 bits per heavy atom. The highest BCUT2D eigenvalue weighted by molar-refractivity contribution is 5.90. The number of nitrogens with one attached hydrogen (secondary N) is 1. The Labute approximate surface area is 245 Å². The average molecular weight is 571 g/mol. The Balaban J connectivity index is 1.18. The molecule has 4 atom stereocenters. The van der Waals surface area contributed by atoms with Gasteiger partial charge in [0.15, 0.2) is 0 Å². The zero-order chi connectivity index (χ0) is 29.4. The minimum atomic E-state index is -0.521. The fourth-order valence-electron chi connectivity index (χ4n) is 6.53. The molecule has 220 valence electrons. The lowest BCUT2D eigenvalue weighted by molar-refractivity contribution is -0.141. The summed E-state index contributed by atoms with van der Waals surface area (Å²) < 4.78 is 8.84. The van der Waals surface area contributed by atoms with Gasteiger partial charge in [0.1, 0.15) is 17.3 Å². The van der Waals surface area contributed by atoms with Crippen LogP contribution in [0, 0.1) is 5.92 Å².